The Kier molecular flexibility index (Phi) is 8.62. The first-order valence-corrected chi connectivity index (χ1v) is 7.59. The van der Waals surface area contributed by atoms with Crippen molar-refractivity contribution in [3.63, 3.8) is 0 Å². The van der Waals surface area contributed by atoms with Gasteiger partial charge >= 0.3 is 12.0 Å². The quantitative estimate of drug-likeness (QED) is 0.711. The van der Waals surface area contributed by atoms with Gasteiger partial charge in [-0.05, 0) is 39.2 Å². The Hall–Kier alpha value is -0.910. The lowest BCUT2D eigenvalue weighted by Crippen LogP contribution is -2.48. The fourth-order valence-corrected chi connectivity index (χ4v) is 2.27. The molecule has 2 unspecified atom stereocenters. The monoisotopic (exact) mass is 276 g/mol. The highest BCUT2D eigenvalue weighted by atomic mass is 32.2. The zero-order chi connectivity index (χ0) is 14.1. The molecule has 0 aliphatic rings. The largest absolute Gasteiger partial charge is 0.481 e. The fraction of sp³-hybridized carbons (Fsp3) is 0.833. The van der Waals surface area contributed by atoms with E-state index in [2.05, 4.69) is 5.32 Å². The van der Waals surface area contributed by atoms with Gasteiger partial charge in [-0.2, -0.15) is 11.8 Å². The molecule has 0 aromatic heterocycles. The SMILES string of the molecule is CCN(C(=O)NC(C)CCSC)C(C)CC(=O)O. The number of nitrogens with one attached hydrogen (secondary N) is 1. The zero-order valence-electron chi connectivity index (χ0n) is 11.6. The molecular formula is C12H24N2O3S. The van der Waals surface area contributed by atoms with Crippen LogP contribution in [0.3, 0.4) is 0 Å². The van der Waals surface area contributed by atoms with E-state index in [-0.39, 0.29) is 24.5 Å². The number of rotatable bonds is 8. The van der Waals surface area contributed by atoms with Crippen LogP contribution < -0.4 is 5.32 Å². The molecule has 106 valence electrons. The molecule has 0 aromatic carbocycles. The van der Waals surface area contributed by atoms with E-state index in [0.717, 1.165) is 12.2 Å². The molecule has 0 aliphatic heterocycles. The average Bonchev–Trinajstić information content (AvgIpc) is 2.26. The first kappa shape index (κ1) is 17.1. The number of thioether (sulfide) groups is 1. The minimum atomic E-state index is -0.885. The number of carbonyl (C=O) groups excluding carboxylic acids is 1. The highest BCUT2D eigenvalue weighted by Gasteiger charge is 2.21. The van der Waals surface area contributed by atoms with Crippen molar-refractivity contribution in [2.24, 2.45) is 0 Å². The Morgan fingerprint density at radius 3 is 2.44 bits per heavy atom. The lowest BCUT2D eigenvalue weighted by molar-refractivity contribution is -0.138. The molecule has 0 radical (unpaired) electrons. The summed E-state index contributed by atoms with van der Waals surface area (Å²) in [5.74, 6) is 0.113. The second-order valence-electron chi connectivity index (χ2n) is 4.36. The summed E-state index contributed by atoms with van der Waals surface area (Å²) in [6.45, 7) is 6.08. The standard InChI is InChI=1S/C12H24N2O3S/c1-5-14(10(3)8-11(15)16)12(17)13-9(2)6-7-18-4/h9-10H,5-8H2,1-4H3,(H,13,17)(H,15,16). The van der Waals surface area contributed by atoms with Gasteiger partial charge in [0, 0.05) is 18.6 Å². The third-order valence-corrected chi connectivity index (χ3v) is 3.37. The van der Waals surface area contributed by atoms with E-state index in [4.69, 9.17) is 5.11 Å². The van der Waals surface area contributed by atoms with Gasteiger partial charge in [0.2, 0.25) is 0 Å². The van der Waals surface area contributed by atoms with E-state index >= 15 is 0 Å². The number of carboxylic acid groups (broad SMARTS) is 1. The third-order valence-electron chi connectivity index (χ3n) is 2.73. The number of aliphatic carboxylic acids is 1. The number of hydrogen-bond donors (Lipinski definition) is 2. The Bertz CT molecular complexity index is 274. The predicted octanol–water partition coefficient (Wildman–Crippen LogP) is 2.02. The number of hydrogen-bond acceptors (Lipinski definition) is 3. The highest BCUT2D eigenvalue weighted by Crippen LogP contribution is 2.06. The third kappa shape index (κ3) is 6.74. The summed E-state index contributed by atoms with van der Waals surface area (Å²) in [5, 5.41) is 11.6. The van der Waals surface area contributed by atoms with Gasteiger partial charge < -0.3 is 15.3 Å². The minimum Gasteiger partial charge on any atom is -0.481 e. The van der Waals surface area contributed by atoms with Crippen molar-refractivity contribution in [3.05, 3.63) is 0 Å². The van der Waals surface area contributed by atoms with Gasteiger partial charge in [0.15, 0.2) is 0 Å². The van der Waals surface area contributed by atoms with Gasteiger partial charge in [0.25, 0.3) is 0 Å². The van der Waals surface area contributed by atoms with Crippen LogP contribution in [0.5, 0.6) is 0 Å². The van der Waals surface area contributed by atoms with Crippen molar-refractivity contribution < 1.29 is 14.7 Å². The molecule has 2 amide bonds. The van der Waals surface area contributed by atoms with Gasteiger partial charge in [0.1, 0.15) is 0 Å². The maximum absolute atomic E-state index is 12.0. The molecule has 0 saturated carbocycles. The lowest BCUT2D eigenvalue weighted by Gasteiger charge is -2.28. The molecule has 0 aliphatic carbocycles. The van der Waals surface area contributed by atoms with Crippen LogP contribution in [-0.2, 0) is 4.79 Å². The van der Waals surface area contributed by atoms with Gasteiger partial charge in [0.05, 0.1) is 6.42 Å². The lowest BCUT2D eigenvalue weighted by atomic mass is 10.2. The van der Waals surface area contributed by atoms with Crippen LogP contribution in [-0.4, -0.2) is 52.6 Å². The summed E-state index contributed by atoms with van der Waals surface area (Å²) >= 11 is 1.74. The van der Waals surface area contributed by atoms with Gasteiger partial charge in [-0.1, -0.05) is 0 Å². The van der Waals surface area contributed by atoms with Crippen LogP contribution in [0.2, 0.25) is 0 Å². The maximum atomic E-state index is 12.0. The van der Waals surface area contributed by atoms with Crippen molar-refractivity contribution in [1.82, 2.24) is 10.2 Å². The van der Waals surface area contributed by atoms with Crippen molar-refractivity contribution in [1.29, 1.82) is 0 Å². The molecule has 2 atom stereocenters. The molecule has 18 heavy (non-hydrogen) atoms. The van der Waals surface area contributed by atoms with Crippen molar-refractivity contribution >= 4 is 23.8 Å². The first-order valence-electron chi connectivity index (χ1n) is 6.20. The van der Waals surface area contributed by atoms with E-state index in [1.54, 1.807) is 23.6 Å². The summed E-state index contributed by atoms with van der Waals surface area (Å²) in [4.78, 5) is 24.2. The minimum absolute atomic E-state index is 0.0273. The second-order valence-corrected chi connectivity index (χ2v) is 5.35. The Balaban J connectivity index is 4.29. The van der Waals surface area contributed by atoms with Crippen molar-refractivity contribution in [3.8, 4) is 0 Å². The fourth-order valence-electron chi connectivity index (χ4n) is 1.68. The van der Waals surface area contributed by atoms with Crippen molar-refractivity contribution in [2.45, 2.75) is 45.7 Å². The Morgan fingerprint density at radius 2 is 2.00 bits per heavy atom. The zero-order valence-corrected chi connectivity index (χ0v) is 12.4. The normalized spacial score (nSPS) is 13.8. The molecule has 0 spiro atoms. The Morgan fingerprint density at radius 1 is 1.39 bits per heavy atom. The number of nitrogens with zero attached hydrogens (tertiary/aromatic N) is 1. The van der Waals surface area contributed by atoms with E-state index in [0.29, 0.717) is 6.54 Å². The highest BCUT2D eigenvalue weighted by molar-refractivity contribution is 7.98. The molecule has 0 fully saturated rings. The molecule has 0 heterocycles. The van der Waals surface area contributed by atoms with Gasteiger partial charge in [-0.15, -0.1) is 0 Å². The van der Waals surface area contributed by atoms with Crippen LogP contribution in [0.1, 0.15) is 33.6 Å². The molecule has 0 bridgehead atoms. The summed E-state index contributed by atoms with van der Waals surface area (Å²) in [5.41, 5.74) is 0. The summed E-state index contributed by atoms with van der Waals surface area (Å²) in [6.07, 6.45) is 2.92. The molecular weight excluding hydrogens is 252 g/mol. The topological polar surface area (TPSA) is 69.6 Å². The molecule has 2 N–H and O–H groups in total. The smallest absolute Gasteiger partial charge is 0.317 e. The first-order chi connectivity index (χ1) is 8.42. The summed E-state index contributed by atoms with van der Waals surface area (Å²) < 4.78 is 0. The van der Waals surface area contributed by atoms with E-state index < -0.39 is 5.97 Å². The van der Waals surface area contributed by atoms with E-state index in [1.165, 1.54) is 0 Å². The Labute approximate surface area is 113 Å². The van der Waals surface area contributed by atoms with Crippen LogP contribution in [0.4, 0.5) is 4.79 Å². The number of carboxylic acids is 1. The predicted molar refractivity (Wildman–Crippen MR) is 75.1 cm³/mol. The summed E-state index contributed by atoms with van der Waals surface area (Å²) in [7, 11) is 0. The van der Waals surface area contributed by atoms with E-state index in [9.17, 15) is 9.59 Å². The maximum Gasteiger partial charge on any atom is 0.317 e. The van der Waals surface area contributed by atoms with Gasteiger partial charge in [-0.3, -0.25) is 4.79 Å². The van der Waals surface area contributed by atoms with E-state index in [1.807, 2.05) is 20.1 Å². The molecule has 0 aromatic rings. The van der Waals surface area contributed by atoms with Gasteiger partial charge in [-0.25, -0.2) is 4.79 Å². The second kappa shape index (κ2) is 9.08. The van der Waals surface area contributed by atoms with Crippen molar-refractivity contribution in [2.75, 3.05) is 18.6 Å². The number of carbonyl (C=O) groups is 2. The molecule has 0 saturated heterocycles. The van der Waals surface area contributed by atoms with Crippen LogP contribution >= 0.6 is 11.8 Å². The molecule has 5 nitrogen and oxygen atoms in total. The van der Waals surface area contributed by atoms with Crippen LogP contribution in [0.15, 0.2) is 0 Å². The summed E-state index contributed by atoms with van der Waals surface area (Å²) in [6, 6.07) is -0.365. The number of amides is 2. The van der Waals surface area contributed by atoms with Crippen LogP contribution in [0.25, 0.3) is 0 Å². The molecule has 0 rings (SSSR count). The van der Waals surface area contributed by atoms with Crippen LogP contribution in [0, 0.1) is 0 Å². The average molecular weight is 276 g/mol. The number of urea groups is 1. The molecule has 6 heteroatoms.